The van der Waals surface area contributed by atoms with Gasteiger partial charge in [0.25, 0.3) is 0 Å². The predicted octanol–water partition coefficient (Wildman–Crippen LogP) is 3.96. The molecule has 1 saturated heterocycles. The van der Waals surface area contributed by atoms with Crippen LogP contribution in [0.25, 0.3) is 0 Å². The fourth-order valence-electron chi connectivity index (χ4n) is 3.35. The van der Waals surface area contributed by atoms with Crippen molar-refractivity contribution in [3.8, 4) is 0 Å². The van der Waals surface area contributed by atoms with Crippen LogP contribution in [-0.4, -0.2) is 42.0 Å². The van der Waals surface area contributed by atoms with E-state index in [-0.39, 0.29) is 24.0 Å². The summed E-state index contributed by atoms with van der Waals surface area (Å²) in [6.07, 6.45) is 2.59. The van der Waals surface area contributed by atoms with E-state index in [2.05, 4.69) is 57.8 Å². The zero-order valence-corrected chi connectivity index (χ0v) is 19.3. The Bertz CT molecular complexity index is 697. The molecule has 27 heavy (non-hydrogen) atoms. The van der Waals surface area contributed by atoms with Gasteiger partial charge in [0, 0.05) is 18.0 Å². The second-order valence-corrected chi connectivity index (χ2v) is 7.55. The maximum Gasteiger partial charge on any atom is 0.191 e. The third-order valence-corrected chi connectivity index (χ3v) is 5.72. The van der Waals surface area contributed by atoms with Crippen LogP contribution in [0.5, 0.6) is 0 Å². The highest BCUT2D eigenvalue weighted by Crippen LogP contribution is 2.24. The molecule has 0 amide bonds. The van der Waals surface area contributed by atoms with Gasteiger partial charge < -0.3 is 10.6 Å². The molecule has 0 radical (unpaired) electrons. The molecule has 0 aliphatic carbocycles. The lowest BCUT2D eigenvalue weighted by molar-refractivity contribution is 0.245. The van der Waals surface area contributed by atoms with Crippen molar-refractivity contribution in [1.82, 2.24) is 20.5 Å². The Kier molecular flexibility index (Phi) is 9.50. The Hall–Kier alpha value is -1.19. The number of hydrogen-bond acceptors (Lipinski definition) is 4. The molecule has 1 unspecified atom stereocenters. The SMILES string of the molecule is CCNC(=NCc1scnc1C)NCC(c1ccccc1)N1CCCC1.I. The Morgan fingerprint density at radius 2 is 1.96 bits per heavy atom. The van der Waals surface area contributed by atoms with Gasteiger partial charge in [-0.1, -0.05) is 30.3 Å². The number of rotatable bonds is 7. The number of halogens is 1. The molecule has 1 aliphatic heterocycles. The summed E-state index contributed by atoms with van der Waals surface area (Å²) < 4.78 is 0. The average Bonchev–Trinajstić information content (AvgIpc) is 3.33. The fourth-order valence-corrected chi connectivity index (χ4v) is 4.05. The normalized spacial score (nSPS) is 16.0. The summed E-state index contributed by atoms with van der Waals surface area (Å²) in [4.78, 5) is 12.9. The number of benzene rings is 1. The van der Waals surface area contributed by atoms with E-state index in [1.807, 2.05) is 12.4 Å². The van der Waals surface area contributed by atoms with Gasteiger partial charge in [-0.25, -0.2) is 9.98 Å². The smallest absolute Gasteiger partial charge is 0.191 e. The van der Waals surface area contributed by atoms with E-state index in [9.17, 15) is 0 Å². The van der Waals surface area contributed by atoms with Crippen molar-refractivity contribution in [1.29, 1.82) is 0 Å². The molecule has 5 nitrogen and oxygen atoms in total. The Morgan fingerprint density at radius 3 is 2.59 bits per heavy atom. The van der Waals surface area contributed by atoms with Crippen molar-refractivity contribution >= 4 is 41.3 Å². The molecule has 3 rings (SSSR count). The molecule has 1 aliphatic rings. The molecular weight excluding hydrogens is 469 g/mol. The Labute approximate surface area is 183 Å². The number of aromatic nitrogens is 1. The predicted molar refractivity (Wildman–Crippen MR) is 125 cm³/mol. The molecule has 7 heteroatoms. The van der Waals surface area contributed by atoms with E-state index in [0.29, 0.717) is 12.6 Å². The average molecular weight is 499 g/mol. The van der Waals surface area contributed by atoms with E-state index in [0.717, 1.165) is 24.7 Å². The third-order valence-electron chi connectivity index (χ3n) is 4.80. The zero-order valence-electron chi connectivity index (χ0n) is 16.1. The molecule has 0 saturated carbocycles. The summed E-state index contributed by atoms with van der Waals surface area (Å²) in [5.74, 6) is 0.875. The molecule has 148 valence electrons. The number of aliphatic imine (C=N–C) groups is 1. The first-order valence-electron chi connectivity index (χ1n) is 9.48. The highest BCUT2D eigenvalue weighted by Gasteiger charge is 2.23. The van der Waals surface area contributed by atoms with Crippen LogP contribution < -0.4 is 10.6 Å². The monoisotopic (exact) mass is 499 g/mol. The van der Waals surface area contributed by atoms with Crippen molar-refractivity contribution in [2.24, 2.45) is 4.99 Å². The van der Waals surface area contributed by atoms with Crippen LogP contribution in [0.1, 0.15) is 41.9 Å². The van der Waals surface area contributed by atoms with E-state index in [1.165, 1.54) is 36.4 Å². The molecular formula is C20H30IN5S. The first kappa shape index (κ1) is 22.1. The summed E-state index contributed by atoms with van der Waals surface area (Å²) in [5, 5.41) is 6.93. The Morgan fingerprint density at radius 1 is 1.22 bits per heavy atom. The quantitative estimate of drug-likeness (QED) is 0.344. The zero-order chi connectivity index (χ0) is 18.2. The summed E-state index contributed by atoms with van der Waals surface area (Å²) in [5.41, 5.74) is 4.34. The minimum Gasteiger partial charge on any atom is -0.357 e. The lowest BCUT2D eigenvalue weighted by Gasteiger charge is -2.29. The molecule has 0 spiro atoms. The van der Waals surface area contributed by atoms with Gasteiger partial charge in [0.2, 0.25) is 0 Å². The first-order valence-corrected chi connectivity index (χ1v) is 10.4. The lowest BCUT2D eigenvalue weighted by atomic mass is 10.1. The highest BCUT2D eigenvalue weighted by atomic mass is 127. The van der Waals surface area contributed by atoms with Gasteiger partial charge in [0.05, 0.1) is 23.8 Å². The van der Waals surface area contributed by atoms with Crippen LogP contribution >= 0.6 is 35.3 Å². The van der Waals surface area contributed by atoms with Crippen LogP contribution in [0.2, 0.25) is 0 Å². The maximum atomic E-state index is 4.76. The van der Waals surface area contributed by atoms with Crippen molar-refractivity contribution in [3.63, 3.8) is 0 Å². The van der Waals surface area contributed by atoms with Crippen LogP contribution in [-0.2, 0) is 6.54 Å². The molecule has 2 N–H and O–H groups in total. The van der Waals surface area contributed by atoms with Gasteiger partial charge in [-0.3, -0.25) is 4.90 Å². The summed E-state index contributed by atoms with van der Waals surface area (Å²) in [6.45, 7) is 8.88. The standard InChI is InChI=1S/C20H29N5S.HI/c1-3-21-20(23-14-19-16(2)24-15-26-19)22-13-18(25-11-7-8-12-25)17-9-5-4-6-10-17;/h4-6,9-10,15,18H,3,7-8,11-14H2,1-2H3,(H2,21,22,23);1H. The van der Waals surface area contributed by atoms with Gasteiger partial charge >= 0.3 is 0 Å². The second kappa shape index (κ2) is 11.6. The molecule has 2 heterocycles. The molecule has 1 aromatic heterocycles. The van der Waals surface area contributed by atoms with Crippen molar-refractivity contribution in [3.05, 3.63) is 52.0 Å². The molecule has 1 fully saturated rings. The number of guanidine groups is 1. The van der Waals surface area contributed by atoms with Crippen molar-refractivity contribution in [2.75, 3.05) is 26.2 Å². The molecule has 2 aromatic rings. The van der Waals surface area contributed by atoms with Crippen LogP contribution in [0.15, 0.2) is 40.8 Å². The van der Waals surface area contributed by atoms with Gasteiger partial charge in [-0.05, 0) is 45.3 Å². The molecule has 0 bridgehead atoms. The van der Waals surface area contributed by atoms with Gasteiger partial charge in [0.1, 0.15) is 0 Å². The number of thiazole rings is 1. The minimum absolute atomic E-state index is 0. The Balaban J connectivity index is 0.00000261. The van der Waals surface area contributed by atoms with Gasteiger partial charge in [0.15, 0.2) is 5.96 Å². The van der Waals surface area contributed by atoms with Crippen LogP contribution in [0.4, 0.5) is 0 Å². The maximum absolute atomic E-state index is 4.76. The minimum atomic E-state index is 0. The number of nitrogens with zero attached hydrogens (tertiary/aromatic N) is 3. The first-order chi connectivity index (χ1) is 12.8. The third kappa shape index (κ3) is 6.43. The number of hydrogen-bond donors (Lipinski definition) is 2. The largest absolute Gasteiger partial charge is 0.357 e. The number of likely N-dealkylation sites (tertiary alicyclic amines) is 1. The second-order valence-electron chi connectivity index (χ2n) is 6.61. The van der Waals surface area contributed by atoms with Gasteiger partial charge in [-0.15, -0.1) is 35.3 Å². The number of aryl methyl sites for hydroxylation is 1. The van der Waals surface area contributed by atoms with Crippen LogP contribution in [0, 0.1) is 6.92 Å². The van der Waals surface area contributed by atoms with E-state index in [4.69, 9.17) is 4.99 Å². The van der Waals surface area contributed by atoms with E-state index in [1.54, 1.807) is 11.3 Å². The number of nitrogens with one attached hydrogen (secondary N) is 2. The lowest BCUT2D eigenvalue weighted by Crippen LogP contribution is -2.42. The molecule has 1 aromatic carbocycles. The highest BCUT2D eigenvalue weighted by molar-refractivity contribution is 14.0. The summed E-state index contributed by atoms with van der Waals surface area (Å²) in [7, 11) is 0. The van der Waals surface area contributed by atoms with E-state index < -0.39 is 0 Å². The van der Waals surface area contributed by atoms with Crippen LogP contribution in [0.3, 0.4) is 0 Å². The van der Waals surface area contributed by atoms with Crippen molar-refractivity contribution < 1.29 is 0 Å². The topological polar surface area (TPSA) is 52.6 Å². The van der Waals surface area contributed by atoms with Crippen molar-refractivity contribution in [2.45, 2.75) is 39.3 Å². The molecule has 1 atom stereocenters. The fraction of sp³-hybridized carbons (Fsp3) is 0.500. The van der Waals surface area contributed by atoms with Gasteiger partial charge in [-0.2, -0.15) is 0 Å². The summed E-state index contributed by atoms with van der Waals surface area (Å²) in [6, 6.07) is 11.2. The van der Waals surface area contributed by atoms with E-state index >= 15 is 0 Å². The summed E-state index contributed by atoms with van der Waals surface area (Å²) >= 11 is 1.67.